The summed E-state index contributed by atoms with van der Waals surface area (Å²) in [5.74, 6) is 0.351. The van der Waals surface area contributed by atoms with Crippen LogP contribution >= 0.6 is 38.9 Å². The molecule has 3 rings (SSSR count). The van der Waals surface area contributed by atoms with Crippen molar-refractivity contribution in [1.82, 2.24) is 14.6 Å². The van der Waals surface area contributed by atoms with Gasteiger partial charge >= 0.3 is 0 Å². The molecule has 3 aromatic rings. The Bertz CT molecular complexity index is 741. The van der Waals surface area contributed by atoms with Gasteiger partial charge in [-0.1, -0.05) is 0 Å². The van der Waals surface area contributed by atoms with Gasteiger partial charge in [-0.05, 0) is 51.1 Å². The van der Waals surface area contributed by atoms with Gasteiger partial charge in [0.05, 0.1) is 11.4 Å². The smallest absolute Gasteiger partial charge is 0.243 e. The second-order valence-electron chi connectivity index (χ2n) is 3.73. The highest BCUT2D eigenvalue weighted by Gasteiger charge is 2.10. The molecule has 3 aromatic heterocycles. The van der Waals surface area contributed by atoms with Gasteiger partial charge in [0, 0.05) is 0 Å². The quantitative estimate of drug-likeness (QED) is 0.768. The van der Waals surface area contributed by atoms with Crippen LogP contribution in [0, 0.1) is 5.82 Å². The van der Waals surface area contributed by atoms with Crippen LogP contribution in [0.1, 0.15) is 4.88 Å². The fourth-order valence-corrected chi connectivity index (χ4v) is 2.94. The highest BCUT2D eigenvalue weighted by atomic mass is 79.9. The summed E-state index contributed by atoms with van der Waals surface area (Å²) in [5, 5.41) is 8.98. The molecule has 8 heteroatoms. The average Bonchev–Trinajstić information content (AvgIpc) is 2.94. The fourth-order valence-electron chi connectivity index (χ4n) is 1.68. The lowest BCUT2D eigenvalue weighted by molar-refractivity contribution is 0.621. The standard InChI is InChI=1S/C11H7BrClFN4S/c12-9-2-1-7-10(16-11(13)17-18(7)9)15-5-8-6(14)3-4-19-8/h1-4H,5H2,(H,15,16,17). The molecular weight excluding hydrogens is 355 g/mol. The molecule has 0 aliphatic rings. The molecule has 0 saturated carbocycles. The van der Waals surface area contributed by atoms with Crippen molar-refractivity contribution in [2.45, 2.75) is 6.54 Å². The van der Waals surface area contributed by atoms with Crippen molar-refractivity contribution >= 4 is 50.2 Å². The minimum absolute atomic E-state index is 0.124. The van der Waals surface area contributed by atoms with Gasteiger partial charge in [-0.3, -0.25) is 0 Å². The van der Waals surface area contributed by atoms with Crippen LogP contribution in [-0.2, 0) is 6.54 Å². The molecule has 98 valence electrons. The molecule has 0 amide bonds. The number of halogens is 3. The molecule has 0 aliphatic carbocycles. The number of anilines is 1. The molecule has 3 heterocycles. The third-order valence-electron chi connectivity index (χ3n) is 2.55. The summed E-state index contributed by atoms with van der Waals surface area (Å²) in [6.07, 6.45) is 0. The van der Waals surface area contributed by atoms with Crippen molar-refractivity contribution in [3.8, 4) is 0 Å². The van der Waals surface area contributed by atoms with E-state index in [0.29, 0.717) is 17.2 Å². The summed E-state index contributed by atoms with van der Waals surface area (Å²) in [6, 6.07) is 5.14. The number of aromatic nitrogens is 3. The van der Waals surface area contributed by atoms with E-state index in [1.807, 2.05) is 12.1 Å². The average molecular weight is 362 g/mol. The van der Waals surface area contributed by atoms with Crippen molar-refractivity contribution in [3.63, 3.8) is 0 Å². The zero-order valence-electron chi connectivity index (χ0n) is 9.40. The van der Waals surface area contributed by atoms with E-state index in [9.17, 15) is 4.39 Å². The van der Waals surface area contributed by atoms with E-state index in [0.717, 1.165) is 10.1 Å². The normalized spacial score (nSPS) is 11.1. The Labute approximate surface area is 125 Å². The van der Waals surface area contributed by atoms with Crippen LogP contribution in [0.2, 0.25) is 5.28 Å². The number of fused-ring (bicyclic) bond motifs is 1. The van der Waals surface area contributed by atoms with E-state index in [4.69, 9.17) is 11.6 Å². The maximum Gasteiger partial charge on any atom is 0.243 e. The van der Waals surface area contributed by atoms with Gasteiger partial charge < -0.3 is 5.32 Å². The molecule has 0 aromatic carbocycles. The first kappa shape index (κ1) is 12.8. The SMILES string of the molecule is Fc1ccsc1CNc1nc(Cl)nn2c(Br)ccc12. The van der Waals surface area contributed by atoms with Crippen molar-refractivity contribution in [2.24, 2.45) is 0 Å². The van der Waals surface area contributed by atoms with Gasteiger partial charge in [-0.15, -0.1) is 16.4 Å². The van der Waals surface area contributed by atoms with Crippen molar-refractivity contribution in [1.29, 1.82) is 0 Å². The second kappa shape index (κ2) is 5.07. The summed E-state index contributed by atoms with van der Waals surface area (Å²) in [7, 11) is 0. The Morgan fingerprint density at radius 3 is 3.00 bits per heavy atom. The molecule has 0 bridgehead atoms. The van der Waals surface area contributed by atoms with Gasteiger partial charge in [0.1, 0.15) is 15.9 Å². The number of rotatable bonds is 3. The Balaban J connectivity index is 1.94. The van der Waals surface area contributed by atoms with E-state index in [1.54, 1.807) is 9.90 Å². The third-order valence-corrected chi connectivity index (χ3v) is 4.20. The summed E-state index contributed by atoms with van der Waals surface area (Å²) in [6.45, 7) is 0.356. The molecule has 1 N–H and O–H groups in total. The lowest BCUT2D eigenvalue weighted by Gasteiger charge is -2.07. The van der Waals surface area contributed by atoms with E-state index in [2.05, 4.69) is 31.3 Å². The second-order valence-corrected chi connectivity index (χ2v) is 5.88. The minimum Gasteiger partial charge on any atom is -0.363 e. The number of hydrogen-bond acceptors (Lipinski definition) is 4. The lowest BCUT2D eigenvalue weighted by atomic mass is 10.4. The first-order valence-corrected chi connectivity index (χ1v) is 7.37. The van der Waals surface area contributed by atoms with Crippen LogP contribution in [-0.4, -0.2) is 14.6 Å². The third kappa shape index (κ3) is 2.45. The lowest BCUT2D eigenvalue weighted by Crippen LogP contribution is -2.05. The molecule has 0 unspecified atom stereocenters. The largest absolute Gasteiger partial charge is 0.363 e. The maximum absolute atomic E-state index is 13.3. The molecule has 0 radical (unpaired) electrons. The molecule has 0 spiro atoms. The highest BCUT2D eigenvalue weighted by molar-refractivity contribution is 9.10. The number of nitrogens with zero attached hydrogens (tertiary/aromatic N) is 3. The number of nitrogens with one attached hydrogen (secondary N) is 1. The first-order valence-electron chi connectivity index (χ1n) is 5.31. The van der Waals surface area contributed by atoms with Crippen molar-refractivity contribution < 1.29 is 4.39 Å². The Morgan fingerprint density at radius 2 is 2.26 bits per heavy atom. The minimum atomic E-state index is -0.217. The number of thiophene rings is 1. The zero-order chi connectivity index (χ0) is 13.4. The van der Waals surface area contributed by atoms with Gasteiger partial charge in [0.25, 0.3) is 0 Å². The first-order chi connectivity index (χ1) is 9.15. The molecule has 0 fully saturated rings. The van der Waals surface area contributed by atoms with Crippen LogP contribution in [0.25, 0.3) is 5.52 Å². The Morgan fingerprint density at radius 1 is 1.42 bits per heavy atom. The van der Waals surface area contributed by atoms with E-state index in [-0.39, 0.29) is 11.1 Å². The molecule has 0 aliphatic heterocycles. The molecule has 0 saturated heterocycles. The van der Waals surface area contributed by atoms with Gasteiger partial charge in [-0.2, -0.15) is 4.98 Å². The van der Waals surface area contributed by atoms with Gasteiger partial charge in [-0.25, -0.2) is 8.91 Å². The van der Waals surface area contributed by atoms with Gasteiger partial charge in [0.2, 0.25) is 5.28 Å². The number of hydrogen-bond donors (Lipinski definition) is 1. The van der Waals surface area contributed by atoms with E-state index >= 15 is 0 Å². The molecule has 19 heavy (non-hydrogen) atoms. The van der Waals surface area contributed by atoms with Crippen LogP contribution in [0.15, 0.2) is 28.2 Å². The van der Waals surface area contributed by atoms with Crippen LogP contribution in [0.4, 0.5) is 10.2 Å². The summed E-state index contributed by atoms with van der Waals surface area (Å²) < 4.78 is 15.8. The molecular formula is C11H7BrClFN4S. The van der Waals surface area contributed by atoms with E-state index in [1.165, 1.54) is 17.4 Å². The maximum atomic E-state index is 13.3. The van der Waals surface area contributed by atoms with Crippen LogP contribution in [0.3, 0.4) is 0 Å². The topological polar surface area (TPSA) is 42.2 Å². The monoisotopic (exact) mass is 360 g/mol. The summed E-state index contributed by atoms with van der Waals surface area (Å²) in [5.41, 5.74) is 0.772. The van der Waals surface area contributed by atoms with Crippen LogP contribution in [0.5, 0.6) is 0 Å². The summed E-state index contributed by atoms with van der Waals surface area (Å²) >= 11 is 10.6. The van der Waals surface area contributed by atoms with E-state index < -0.39 is 0 Å². The van der Waals surface area contributed by atoms with Crippen molar-refractivity contribution in [3.05, 3.63) is 44.2 Å². The Kier molecular flexibility index (Phi) is 3.42. The molecule has 4 nitrogen and oxygen atoms in total. The fraction of sp³-hybridized carbons (Fsp3) is 0.0909. The highest BCUT2D eigenvalue weighted by Crippen LogP contribution is 2.23. The predicted molar refractivity (Wildman–Crippen MR) is 77.3 cm³/mol. The van der Waals surface area contributed by atoms with Crippen LogP contribution < -0.4 is 5.32 Å². The summed E-state index contributed by atoms with van der Waals surface area (Å²) in [4.78, 5) is 4.75. The van der Waals surface area contributed by atoms with Gasteiger partial charge in [0.15, 0.2) is 5.82 Å². The molecule has 0 atom stereocenters. The van der Waals surface area contributed by atoms with Crippen molar-refractivity contribution in [2.75, 3.05) is 5.32 Å². The Hall–Kier alpha value is -1.18. The zero-order valence-corrected chi connectivity index (χ0v) is 12.6. The predicted octanol–water partition coefficient (Wildman–Crippen LogP) is 3.96.